The van der Waals surface area contributed by atoms with E-state index in [1.807, 2.05) is 60.4 Å². The maximum absolute atomic E-state index is 13.6. The zero-order valence-corrected chi connectivity index (χ0v) is 21.5. The van der Waals surface area contributed by atoms with Crippen molar-refractivity contribution >= 4 is 32.4 Å². The fourth-order valence-electron chi connectivity index (χ4n) is 4.60. The van der Waals surface area contributed by atoms with E-state index in [-0.39, 0.29) is 10.6 Å². The van der Waals surface area contributed by atoms with Gasteiger partial charge >= 0.3 is 0 Å². The maximum atomic E-state index is 13.6. The molecule has 8 nitrogen and oxygen atoms in total. The Morgan fingerprint density at radius 3 is 2.11 bits per heavy atom. The summed E-state index contributed by atoms with van der Waals surface area (Å²) in [4.78, 5) is 13.9. The van der Waals surface area contributed by atoms with E-state index in [0.29, 0.717) is 43.0 Å². The van der Waals surface area contributed by atoms with E-state index in [2.05, 4.69) is 4.90 Å². The molecule has 188 valence electrons. The first-order valence-electron chi connectivity index (χ1n) is 12.0. The summed E-state index contributed by atoms with van der Waals surface area (Å²) in [6, 6.07) is 23.7. The minimum Gasteiger partial charge on any atom is -0.495 e. The zero-order valence-electron chi connectivity index (χ0n) is 20.7. The van der Waals surface area contributed by atoms with Crippen molar-refractivity contribution < 1.29 is 13.2 Å². The molecule has 4 aromatic rings. The number of ether oxygens (including phenoxy) is 1. The highest BCUT2D eigenvalue weighted by molar-refractivity contribution is 7.92. The molecule has 0 bridgehead atoms. The molecule has 1 aliphatic rings. The molecular formula is C28H27N5O3S. The van der Waals surface area contributed by atoms with E-state index in [0.717, 1.165) is 17.0 Å². The topological polar surface area (TPSA) is 99.4 Å². The number of piperazine rings is 1. The van der Waals surface area contributed by atoms with Gasteiger partial charge in [0.25, 0.3) is 0 Å². The normalized spacial score (nSPS) is 14.8. The molecule has 0 radical (unpaired) electrons. The van der Waals surface area contributed by atoms with Crippen LogP contribution in [0.25, 0.3) is 11.0 Å². The molecule has 0 N–H and O–H groups in total. The smallest absolute Gasteiger partial charge is 0.200 e. The first-order valence-corrected chi connectivity index (χ1v) is 13.6. The van der Waals surface area contributed by atoms with Gasteiger partial charge in [-0.3, -0.25) is 0 Å². The molecule has 1 aromatic heterocycles. The number of rotatable bonds is 6. The Hall–Kier alpha value is -4.16. The molecule has 1 fully saturated rings. The Morgan fingerprint density at radius 2 is 1.46 bits per heavy atom. The van der Waals surface area contributed by atoms with Gasteiger partial charge in [0.15, 0.2) is 11.1 Å². The number of para-hydroxylation sites is 4. The van der Waals surface area contributed by atoms with Crippen LogP contribution in [-0.2, 0) is 9.84 Å². The van der Waals surface area contributed by atoms with E-state index in [1.165, 1.54) is 12.1 Å². The average molecular weight is 514 g/mol. The number of hydrogen-bond donors (Lipinski definition) is 0. The van der Waals surface area contributed by atoms with Crippen molar-refractivity contribution in [3.8, 4) is 11.8 Å². The summed E-state index contributed by atoms with van der Waals surface area (Å²) in [5.41, 5.74) is 3.30. The quantitative estimate of drug-likeness (QED) is 0.376. The lowest BCUT2D eigenvalue weighted by Gasteiger charge is -2.38. The summed E-state index contributed by atoms with van der Waals surface area (Å²) in [6.07, 6.45) is 0. The summed E-state index contributed by atoms with van der Waals surface area (Å²) in [5.74, 6) is 1.23. The largest absolute Gasteiger partial charge is 0.495 e. The molecule has 2 heterocycles. The van der Waals surface area contributed by atoms with Gasteiger partial charge in [-0.15, -0.1) is 0 Å². The van der Waals surface area contributed by atoms with Crippen molar-refractivity contribution in [1.29, 1.82) is 5.26 Å². The van der Waals surface area contributed by atoms with Crippen molar-refractivity contribution in [2.75, 3.05) is 43.1 Å². The third-order valence-electron chi connectivity index (χ3n) is 6.61. The number of aromatic nitrogens is 2. The molecule has 5 rings (SSSR count). The van der Waals surface area contributed by atoms with Crippen LogP contribution in [0.3, 0.4) is 0 Å². The van der Waals surface area contributed by atoms with E-state index in [4.69, 9.17) is 14.7 Å². The second-order valence-electron chi connectivity index (χ2n) is 8.93. The second kappa shape index (κ2) is 10.1. The Labute approximate surface area is 216 Å². The van der Waals surface area contributed by atoms with Crippen LogP contribution in [-0.4, -0.2) is 51.7 Å². The van der Waals surface area contributed by atoms with Crippen LogP contribution in [0.2, 0.25) is 0 Å². The molecule has 0 amide bonds. The minimum absolute atomic E-state index is 0.0894. The first kappa shape index (κ1) is 24.5. The lowest BCUT2D eigenvalue weighted by Crippen LogP contribution is -2.47. The van der Waals surface area contributed by atoms with Crippen LogP contribution >= 0.6 is 0 Å². The van der Waals surface area contributed by atoms with E-state index in [1.54, 1.807) is 25.3 Å². The lowest BCUT2D eigenvalue weighted by atomic mass is 10.2. The van der Waals surface area contributed by atoms with Gasteiger partial charge in [0, 0.05) is 26.2 Å². The first-order chi connectivity index (χ1) is 17.9. The van der Waals surface area contributed by atoms with Crippen molar-refractivity contribution in [1.82, 2.24) is 9.97 Å². The van der Waals surface area contributed by atoms with Gasteiger partial charge in [-0.25, -0.2) is 18.4 Å². The summed E-state index contributed by atoms with van der Waals surface area (Å²) >= 11 is 0. The third-order valence-corrected chi connectivity index (χ3v) is 8.49. The minimum atomic E-state index is -4.03. The Balaban J connectivity index is 1.53. The molecule has 0 aliphatic carbocycles. The van der Waals surface area contributed by atoms with Gasteiger partial charge in [0.05, 0.1) is 34.8 Å². The van der Waals surface area contributed by atoms with Crippen molar-refractivity contribution in [2.24, 2.45) is 0 Å². The lowest BCUT2D eigenvalue weighted by molar-refractivity contribution is 0.413. The van der Waals surface area contributed by atoms with Crippen LogP contribution in [0.15, 0.2) is 77.7 Å². The molecule has 1 aliphatic heterocycles. The molecule has 0 saturated carbocycles. The maximum Gasteiger partial charge on any atom is 0.200 e. The number of nitriles is 1. The van der Waals surface area contributed by atoms with Crippen molar-refractivity contribution in [3.63, 3.8) is 0 Å². The number of hydrogen-bond acceptors (Lipinski definition) is 8. The molecule has 1 saturated heterocycles. The highest BCUT2D eigenvalue weighted by Crippen LogP contribution is 2.35. The van der Waals surface area contributed by atoms with Gasteiger partial charge in [-0.05, 0) is 43.3 Å². The second-order valence-corrected chi connectivity index (χ2v) is 11.0. The summed E-state index contributed by atoms with van der Waals surface area (Å²) in [7, 11) is -2.38. The molecule has 3 aromatic carbocycles. The summed E-state index contributed by atoms with van der Waals surface area (Å²) in [6.45, 7) is 4.41. The predicted molar refractivity (Wildman–Crippen MR) is 144 cm³/mol. The van der Waals surface area contributed by atoms with Gasteiger partial charge in [0.2, 0.25) is 9.84 Å². The Morgan fingerprint density at radius 1 is 0.865 bits per heavy atom. The van der Waals surface area contributed by atoms with Gasteiger partial charge in [-0.2, -0.15) is 5.26 Å². The number of sulfone groups is 1. The van der Waals surface area contributed by atoms with Crippen LogP contribution in [0.4, 0.5) is 11.5 Å². The van der Waals surface area contributed by atoms with Crippen LogP contribution in [0, 0.1) is 18.3 Å². The van der Waals surface area contributed by atoms with Crippen molar-refractivity contribution in [3.05, 3.63) is 84.1 Å². The highest BCUT2D eigenvalue weighted by atomic mass is 32.2. The van der Waals surface area contributed by atoms with Gasteiger partial charge in [-0.1, -0.05) is 42.0 Å². The zero-order chi connectivity index (χ0) is 26.0. The number of anilines is 2. The molecule has 0 unspecified atom stereocenters. The number of methoxy groups -OCH3 is 1. The fraction of sp³-hybridized carbons (Fsp3) is 0.250. The van der Waals surface area contributed by atoms with E-state index in [9.17, 15) is 13.7 Å². The van der Waals surface area contributed by atoms with Gasteiger partial charge < -0.3 is 14.5 Å². The standard InChI is InChI=1S/C28H27N5O3S/c1-20-11-13-21(14-12-20)37(34,35)26(19-29)27-28(31-23-8-4-3-7-22(23)30-27)33-17-15-32(16-18-33)24-9-5-6-10-25(24)36-2/h3-14,26H,15-18H2,1-2H3/t26-/m0/s1. The highest BCUT2D eigenvalue weighted by Gasteiger charge is 2.35. The Bertz CT molecular complexity index is 1570. The van der Waals surface area contributed by atoms with E-state index < -0.39 is 15.1 Å². The monoisotopic (exact) mass is 513 g/mol. The van der Waals surface area contributed by atoms with E-state index >= 15 is 0 Å². The molecule has 9 heteroatoms. The fourth-order valence-corrected chi connectivity index (χ4v) is 5.98. The number of nitrogens with zero attached hydrogens (tertiary/aromatic N) is 5. The summed E-state index contributed by atoms with van der Waals surface area (Å²) in [5, 5.41) is 8.65. The number of benzene rings is 3. The van der Waals surface area contributed by atoms with Crippen LogP contribution in [0.5, 0.6) is 5.75 Å². The molecule has 1 atom stereocenters. The van der Waals surface area contributed by atoms with Crippen molar-refractivity contribution in [2.45, 2.75) is 17.1 Å². The van der Waals surface area contributed by atoms with Crippen LogP contribution < -0.4 is 14.5 Å². The molecular weight excluding hydrogens is 486 g/mol. The summed E-state index contributed by atoms with van der Waals surface area (Å²) < 4.78 is 32.8. The Kier molecular flexibility index (Phi) is 6.68. The van der Waals surface area contributed by atoms with Gasteiger partial charge in [0.1, 0.15) is 11.4 Å². The molecule has 0 spiro atoms. The third kappa shape index (κ3) is 4.68. The predicted octanol–water partition coefficient (Wildman–Crippen LogP) is 4.31. The average Bonchev–Trinajstić information content (AvgIpc) is 2.93. The number of fused-ring (bicyclic) bond motifs is 1. The number of aryl methyl sites for hydroxylation is 1. The van der Waals surface area contributed by atoms with Crippen LogP contribution in [0.1, 0.15) is 16.5 Å². The SMILES string of the molecule is COc1ccccc1N1CCN(c2nc3ccccc3nc2[C@H](C#N)S(=O)(=O)c2ccc(C)cc2)CC1. The molecule has 37 heavy (non-hydrogen) atoms.